The fraction of sp³-hybridized carbons (Fsp3) is 0. The number of carboxylic acid groups (broad SMARTS) is 1. The van der Waals surface area contributed by atoms with Crippen molar-refractivity contribution in [1.82, 2.24) is 4.98 Å². The molecule has 1 aromatic heterocycles. The van der Waals surface area contributed by atoms with Crippen LogP contribution >= 0.6 is 39.1 Å². The second-order valence-electron chi connectivity index (χ2n) is 3.92. The van der Waals surface area contributed by atoms with Crippen molar-refractivity contribution in [2.45, 2.75) is 0 Å². The molecule has 2 rings (SSSR count). The van der Waals surface area contributed by atoms with Gasteiger partial charge in [0.25, 0.3) is 5.91 Å². The first-order valence-corrected chi connectivity index (χ1v) is 7.09. The highest BCUT2D eigenvalue weighted by molar-refractivity contribution is 9.10. The Balaban J connectivity index is 2.35. The Kier molecular flexibility index (Phi) is 4.82. The molecule has 0 spiro atoms. The summed E-state index contributed by atoms with van der Waals surface area (Å²) < 4.78 is 0.628. The van der Waals surface area contributed by atoms with Crippen molar-refractivity contribution in [2.75, 3.05) is 5.32 Å². The maximum atomic E-state index is 12.1. The van der Waals surface area contributed by atoms with Crippen LogP contribution in [0.1, 0.15) is 20.7 Å². The van der Waals surface area contributed by atoms with E-state index >= 15 is 0 Å². The van der Waals surface area contributed by atoms with Gasteiger partial charge in [-0.15, -0.1) is 0 Å². The SMILES string of the molecule is O=C(O)c1ccc(Br)cc1NC(=O)c1ccc(Cl)nc1Cl. The molecule has 0 atom stereocenters. The molecule has 0 radical (unpaired) electrons. The number of halogens is 3. The number of nitrogens with zero attached hydrogens (tertiary/aromatic N) is 1. The van der Waals surface area contributed by atoms with Crippen LogP contribution in [0.2, 0.25) is 10.3 Å². The molecule has 5 nitrogen and oxygen atoms in total. The smallest absolute Gasteiger partial charge is 0.337 e. The third-order valence-corrected chi connectivity index (χ3v) is 3.51. The summed E-state index contributed by atoms with van der Waals surface area (Å²) in [6, 6.07) is 7.26. The molecule has 1 heterocycles. The lowest BCUT2D eigenvalue weighted by molar-refractivity contribution is 0.0698. The summed E-state index contributed by atoms with van der Waals surface area (Å²) in [4.78, 5) is 27.0. The Morgan fingerprint density at radius 3 is 2.43 bits per heavy atom. The quantitative estimate of drug-likeness (QED) is 0.774. The average Bonchev–Trinajstić information content (AvgIpc) is 2.37. The number of rotatable bonds is 3. The Morgan fingerprint density at radius 2 is 1.81 bits per heavy atom. The van der Waals surface area contributed by atoms with Gasteiger partial charge in [-0.25, -0.2) is 9.78 Å². The van der Waals surface area contributed by atoms with E-state index in [1.807, 2.05) is 0 Å². The molecule has 2 N–H and O–H groups in total. The maximum Gasteiger partial charge on any atom is 0.337 e. The van der Waals surface area contributed by atoms with Crippen molar-refractivity contribution >= 4 is 56.7 Å². The fourth-order valence-corrected chi connectivity index (χ4v) is 2.37. The van der Waals surface area contributed by atoms with Crippen LogP contribution < -0.4 is 5.32 Å². The number of hydrogen-bond donors (Lipinski definition) is 2. The molecule has 0 aliphatic heterocycles. The lowest BCUT2D eigenvalue weighted by atomic mass is 10.1. The molecule has 108 valence electrons. The summed E-state index contributed by atoms with van der Waals surface area (Å²) in [6.07, 6.45) is 0. The number of carboxylic acids is 1. The topological polar surface area (TPSA) is 79.3 Å². The predicted molar refractivity (Wildman–Crippen MR) is 83.3 cm³/mol. The molecular formula is C13H7BrCl2N2O3. The monoisotopic (exact) mass is 388 g/mol. The zero-order valence-corrected chi connectivity index (χ0v) is 13.3. The second kappa shape index (κ2) is 6.43. The molecule has 0 saturated heterocycles. The number of benzene rings is 1. The lowest BCUT2D eigenvalue weighted by Crippen LogP contribution is -2.15. The number of carbonyl (C=O) groups is 2. The van der Waals surface area contributed by atoms with E-state index in [0.29, 0.717) is 4.47 Å². The number of anilines is 1. The number of nitrogens with one attached hydrogen (secondary N) is 1. The standard InChI is InChI=1S/C13H7BrCl2N2O3/c14-6-1-2-7(13(20)21)9(5-6)17-12(19)8-3-4-10(15)18-11(8)16/h1-5H,(H,17,19)(H,20,21). The minimum Gasteiger partial charge on any atom is -0.478 e. The van der Waals surface area contributed by atoms with Crippen LogP contribution in [-0.2, 0) is 0 Å². The van der Waals surface area contributed by atoms with Crippen LogP contribution in [0.4, 0.5) is 5.69 Å². The molecule has 0 aliphatic rings. The average molecular weight is 390 g/mol. The van der Waals surface area contributed by atoms with E-state index in [4.69, 9.17) is 28.3 Å². The van der Waals surface area contributed by atoms with Crippen LogP contribution in [0, 0.1) is 0 Å². The highest BCUT2D eigenvalue weighted by Crippen LogP contribution is 2.24. The first-order chi connectivity index (χ1) is 9.88. The van der Waals surface area contributed by atoms with E-state index in [2.05, 4.69) is 26.2 Å². The first-order valence-electron chi connectivity index (χ1n) is 5.54. The normalized spacial score (nSPS) is 10.2. The number of aromatic nitrogens is 1. The molecule has 0 aliphatic carbocycles. The lowest BCUT2D eigenvalue weighted by Gasteiger charge is -2.09. The van der Waals surface area contributed by atoms with Gasteiger partial charge < -0.3 is 10.4 Å². The molecule has 0 fully saturated rings. The number of carbonyl (C=O) groups excluding carboxylic acids is 1. The molecule has 8 heteroatoms. The van der Waals surface area contributed by atoms with Crippen molar-refractivity contribution in [3.8, 4) is 0 Å². The van der Waals surface area contributed by atoms with Gasteiger partial charge in [0.05, 0.1) is 16.8 Å². The third kappa shape index (κ3) is 3.72. The van der Waals surface area contributed by atoms with E-state index in [9.17, 15) is 9.59 Å². The van der Waals surface area contributed by atoms with Crippen molar-refractivity contribution in [2.24, 2.45) is 0 Å². The largest absolute Gasteiger partial charge is 0.478 e. The van der Waals surface area contributed by atoms with E-state index in [0.717, 1.165) is 0 Å². The summed E-state index contributed by atoms with van der Waals surface area (Å²) in [6.45, 7) is 0. The number of pyridine rings is 1. The van der Waals surface area contributed by atoms with Crippen molar-refractivity contribution < 1.29 is 14.7 Å². The Hall–Kier alpha value is -1.63. The molecule has 0 bridgehead atoms. The van der Waals surface area contributed by atoms with Gasteiger partial charge >= 0.3 is 5.97 Å². The van der Waals surface area contributed by atoms with E-state index in [-0.39, 0.29) is 27.1 Å². The highest BCUT2D eigenvalue weighted by atomic mass is 79.9. The van der Waals surface area contributed by atoms with Gasteiger partial charge in [-0.05, 0) is 30.3 Å². The van der Waals surface area contributed by atoms with Gasteiger partial charge in [-0.3, -0.25) is 4.79 Å². The van der Waals surface area contributed by atoms with Crippen LogP contribution in [0.5, 0.6) is 0 Å². The molecule has 1 amide bonds. The fourth-order valence-electron chi connectivity index (χ4n) is 1.58. The predicted octanol–water partition coefficient (Wildman–Crippen LogP) is 4.10. The van der Waals surface area contributed by atoms with Gasteiger partial charge in [0.2, 0.25) is 0 Å². The second-order valence-corrected chi connectivity index (χ2v) is 5.58. The molecule has 0 unspecified atom stereocenters. The summed E-state index contributed by atoms with van der Waals surface area (Å²) in [7, 11) is 0. The minimum absolute atomic E-state index is 0.0374. The summed E-state index contributed by atoms with van der Waals surface area (Å²) in [5.41, 5.74) is 0.204. The van der Waals surface area contributed by atoms with Crippen LogP contribution in [0.15, 0.2) is 34.8 Å². The van der Waals surface area contributed by atoms with Crippen LogP contribution in [0.3, 0.4) is 0 Å². The van der Waals surface area contributed by atoms with Crippen molar-refractivity contribution in [3.05, 3.63) is 56.2 Å². The highest BCUT2D eigenvalue weighted by Gasteiger charge is 2.16. The molecule has 1 aromatic carbocycles. The number of hydrogen-bond acceptors (Lipinski definition) is 3. The first kappa shape index (κ1) is 15.8. The van der Waals surface area contributed by atoms with Crippen LogP contribution in [-0.4, -0.2) is 22.0 Å². The van der Waals surface area contributed by atoms with Crippen molar-refractivity contribution in [1.29, 1.82) is 0 Å². The molecular weight excluding hydrogens is 383 g/mol. The Labute approximate surface area is 138 Å². The minimum atomic E-state index is -1.15. The van der Waals surface area contributed by atoms with E-state index in [1.165, 1.54) is 24.3 Å². The summed E-state index contributed by atoms with van der Waals surface area (Å²) >= 11 is 14.7. The maximum absolute atomic E-state index is 12.1. The number of amides is 1. The summed E-state index contributed by atoms with van der Waals surface area (Å²) in [5.74, 6) is -1.73. The number of aromatic carboxylic acids is 1. The Bertz CT molecular complexity index is 737. The van der Waals surface area contributed by atoms with Gasteiger partial charge in [-0.1, -0.05) is 39.1 Å². The zero-order chi connectivity index (χ0) is 15.6. The van der Waals surface area contributed by atoms with E-state index in [1.54, 1.807) is 6.07 Å². The van der Waals surface area contributed by atoms with Crippen molar-refractivity contribution in [3.63, 3.8) is 0 Å². The van der Waals surface area contributed by atoms with E-state index < -0.39 is 11.9 Å². The van der Waals surface area contributed by atoms with Crippen LogP contribution in [0.25, 0.3) is 0 Å². The van der Waals surface area contributed by atoms with Gasteiger partial charge in [0.15, 0.2) is 0 Å². The molecule has 21 heavy (non-hydrogen) atoms. The zero-order valence-electron chi connectivity index (χ0n) is 10.2. The Morgan fingerprint density at radius 1 is 1.14 bits per heavy atom. The van der Waals surface area contributed by atoms with Gasteiger partial charge in [0, 0.05) is 4.47 Å². The van der Waals surface area contributed by atoms with Gasteiger partial charge in [0.1, 0.15) is 10.3 Å². The molecule has 2 aromatic rings. The molecule has 0 saturated carbocycles. The third-order valence-electron chi connectivity index (χ3n) is 2.52. The summed E-state index contributed by atoms with van der Waals surface area (Å²) in [5, 5.41) is 11.7. The van der Waals surface area contributed by atoms with Gasteiger partial charge in [-0.2, -0.15) is 0 Å².